The summed E-state index contributed by atoms with van der Waals surface area (Å²) in [7, 11) is 1.53. The molecule has 0 radical (unpaired) electrons. The van der Waals surface area contributed by atoms with Gasteiger partial charge in [0.05, 0.1) is 0 Å². The molecule has 1 heterocycles. The van der Waals surface area contributed by atoms with Crippen LogP contribution in [0.15, 0.2) is 28.0 Å². The molecule has 0 fully saturated rings. The van der Waals surface area contributed by atoms with Crippen molar-refractivity contribution in [2.24, 2.45) is 0 Å². The number of thiol groups is 1. The molecule has 1 rings (SSSR count). The van der Waals surface area contributed by atoms with E-state index in [1.807, 2.05) is 0 Å². The predicted octanol–water partition coefficient (Wildman–Crippen LogP) is -0.117. The zero-order valence-corrected chi connectivity index (χ0v) is 8.04. The first-order valence-corrected chi connectivity index (χ1v) is 4.18. The number of amides is 1. The lowest BCUT2D eigenvalue weighted by atomic mass is 10.4. The average molecular weight is 198 g/mol. The summed E-state index contributed by atoms with van der Waals surface area (Å²) in [6.07, 6.45) is 1.54. The molecule has 70 valence electrons. The van der Waals surface area contributed by atoms with Gasteiger partial charge in [0, 0.05) is 24.2 Å². The Bertz CT molecular complexity index is 373. The first-order chi connectivity index (χ1) is 6.13. The van der Waals surface area contributed by atoms with E-state index in [1.54, 1.807) is 12.3 Å². The van der Waals surface area contributed by atoms with Crippen molar-refractivity contribution < 1.29 is 4.79 Å². The van der Waals surface area contributed by atoms with Crippen molar-refractivity contribution in [2.45, 2.75) is 11.4 Å². The molecule has 5 heteroatoms. The Morgan fingerprint density at radius 2 is 2.38 bits per heavy atom. The molecule has 1 aromatic rings. The van der Waals surface area contributed by atoms with Gasteiger partial charge in [0.1, 0.15) is 6.54 Å². The fraction of sp³-hybridized carbons (Fsp3) is 0.250. The van der Waals surface area contributed by atoms with Crippen LogP contribution in [0.25, 0.3) is 0 Å². The number of rotatable bonds is 2. The summed E-state index contributed by atoms with van der Waals surface area (Å²) in [6, 6.07) is 3.03. The number of carbonyl (C=O) groups is 1. The standard InChI is InChI=1S/C8H10N2O2S/c1-9-7(11)5-10-3-2-6(13)4-8(10)12/h2-4,13H,5H2,1H3,(H,9,11). The van der Waals surface area contributed by atoms with E-state index >= 15 is 0 Å². The number of aromatic nitrogens is 1. The summed E-state index contributed by atoms with van der Waals surface area (Å²) in [6.45, 7) is 0.0450. The van der Waals surface area contributed by atoms with Crippen LogP contribution < -0.4 is 10.9 Å². The van der Waals surface area contributed by atoms with Gasteiger partial charge in [0.25, 0.3) is 5.56 Å². The molecule has 0 aliphatic rings. The molecule has 4 nitrogen and oxygen atoms in total. The number of carbonyl (C=O) groups excluding carboxylic acids is 1. The maximum atomic E-state index is 11.2. The number of hydrogen-bond donors (Lipinski definition) is 2. The molecule has 1 aromatic heterocycles. The van der Waals surface area contributed by atoms with Crippen molar-refractivity contribution >= 4 is 18.5 Å². The van der Waals surface area contributed by atoms with Crippen LogP contribution in [0.4, 0.5) is 0 Å². The average Bonchev–Trinajstić information content (AvgIpc) is 2.09. The van der Waals surface area contributed by atoms with Crippen LogP contribution in [0.5, 0.6) is 0 Å². The van der Waals surface area contributed by atoms with E-state index in [0.717, 1.165) is 0 Å². The molecule has 0 atom stereocenters. The summed E-state index contributed by atoms with van der Waals surface area (Å²) in [5.41, 5.74) is -0.226. The Hall–Kier alpha value is -1.23. The lowest BCUT2D eigenvalue weighted by molar-refractivity contribution is -0.121. The number of likely N-dealkylation sites (N-methyl/N-ethyl adjacent to an activating group) is 1. The third-order valence-corrected chi connectivity index (χ3v) is 1.85. The van der Waals surface area contributed by atoms with Gasteiger partial charge in [0.2, 0.25) is 5.91 Å². The predicted molar refractivity (Wildman–Crippen MR) is 52.0 cm³/mol. The second kappa shape index (κ2) is 4.13. The number of nitrogens with zero attached hydrogens (tertiary/aromatic N) is 1. The second-order valence-corrected chi connectivity index (χ2v) is 3.04. The largest absolute Gasteiger partial charge is 0.358 e. The van der Waals surface area contributed by atoms with Gasteiger partial charge < -0.3 is 9.88 Å². The third kappa shape index (κ3) is 2.62. The number of hydrogen-bond acceptors (Lipinski definition) is 3. The minimum absolute atomic E-state index is 0.0450. The maximum absolute atomic E-state index is 11.2. The fourth-order valence-corrected chi connectivity index (χ4v) is 1.04. The second-order valence-electron chi connectivity index (χ2n) is 2.52. The van der Waals surface area contributed by atoms with Gasteiger partial charge in [-0.3, -0.25) is 9.59 Å². The van der Waals surface area contributed by atoms with Crippen LogP contribution in [-0.4, -0.2) is 17.5 Å². The van der Waals surface area contributed by atoms with E-state index in [0.29, 0.717) is 4.90 Å². The normalized spacial score (nSPS) is 9.69. The molecule has 0 spiro atoms. The monoisotopic (exact) mass is 198 g/mol. The minimum atomic E-state index is -0.226. The molecule has 0 aliphatic carbocycles. The quantitative estimate of drug-likeness (QED) is 0.651. The van der Waals surface area contributed by atoms with Crippen molar-refractivity contribution in [1.82, 2.24) is 9.88 Å². The highest BCUT2D eigenvalue weighted by Gasteiger charge is 2.01. The molecule has 1 N–H and O–H groups in total. The Morgan fingerprint density at radius 3 is 2.92 bits per heavy atom. The smallest absolute Gasteiger partial charge is 0.252 e. The Kier molecular flexibility index (Phi) is 3.13. The minimum Gasteiger partial charge on any atom is -0.358 e. The summed E-state index contributed by atoms with van der Waals surface area (Å²) >= 11 is 4.00. The van der Waals surface area contributed by atoms with Crippen LogP contribution in [0.1, 0.15) is 0 Å². The van der Waals surface area contributed by atoms with Gasteiger partial charge in [0.15, 0.2) is 0 Å². The fourth-order valence-electron chi connectivity index (χ4n) is 0.862. The highest BCUT2D eigenvalue weighted by Crippen LogP contribution is 1.98. The zero-order chi connectivity index (χ0) is 9.84. The Labute approximate surface area is 81.0 Å². The molecule has 0 unspecified atom stereocenters. The first kappa shape index (κ1) is 9.85. The van der Waals surface area contributed by atoms with E-state index < -0.39 is 0 Å². The Balaban J connectivity index is 2.90. The van der Waals surface area contributed by atoms with E-state index in [2.05, 4.69) is 17.9 Å². The summed E-state index contributed by atoms with van der Waals surface area (Å²) in [5, 5.41) is 2.44. The van der Waals surface area contributed by atoms with Gasteiger partial charge in [-0.25, -0.2) is 0 Å². The molecule has 13 heavy (non-hydrogen) atoms. The summed E-state index contributed by atoms with van der Waals surface area (Å²) in [5.74, 6) is -0.200. The van der Waals surface area contributed by atoms with E-state index in [4.69, 9.17) is 0 Å². The Morgan fingerprint density at radius 1 is 1.69 bits per heavy atom. The van der Waals surface area contributed by atoms with Crippen LogP contribution in [0.3, 0.4) is 0 Å². The van der Waals surface area contributed by atoms with Gasteiger partial charge in [-0.1, -0.05) is 0 Å². The van der Waals surface area contributed by atoms with Gasteiger partial charge in [-0.05, 0) is 6.07 Å². The van der Waals surface area contributed by atoms with Crippen molar-refractivity contribution in [3.05, 3.63) is 28.7 Å². The highest BCUT2D eigenvalue weighted by molar-refractivity contribution is 7.80. The topological polar surface area (TPSA) is 51.1 Å². The third-order valence-electron chi connectivity index (χ3n) is 1.57. The molecule has 0 bridgehead atoms. The van der Waals surface area contributed by atoms with Crippen molar-refractivity contribution in [2.75, 3.05) is 7.05 Å². The van der Waals surface area contributed by atoms with E-state index in [1.165, 1.54) is 17.7 Å². The first-order valence-electron chi connectivity index (χ1n) is 3.73. The molecule has 0 aliphatic heterocycles. The van der Waals surface area contributed by atoms with Crippen molar-refractivity contribution in [3.8, 4) is 0 Å². The van der Waals surface area contributed by atoms with Crippen LogP contribution in [0.2, 0.25) is 0 Å². The van der Waals surface area contributed by atoms with Gasteiger partial charge in [-0.15, -0.1) is 12.6 Å². The van der Waals surface area contributed by atoms with E-state index in [9.17, 15) is 9.59 Å². The number of nitrogens with one attached hydrogen (secondary N) is 1. The van der Waals surface area contributed by atoms with Crippen molar-refractivity contribution in [3.63, 3.8) is 0 Å². The lowest BCUT2D eigenvalue weighted by Crippen LogP contribution is -2.29. The molecule has 0 saturated carbocycles. The molecular formula is C8H10N2O2S. The van der Waals surface area contributed by atoms with Crippen LogP contribution in [-0.2, 0) is 11.3 Å². The van der Waals surface area contributed by atoms with E-state index in [-0.39, 0.29) is 18.0 Å². The van der Waals surface area contributed by atoms with Gasteiger partial charge >= 0.3 is 0 Å². The molecule has 0 saturated heterocycles. The lowest BCUT2D eigenvalue weighted by Gasteiger charge is -2.03. The molecular weight excluding hydrogens is 188 g/mol. The maximum Gasteiger partial charge on any atom is 0.252 e. The summed E-state index contributed by atoms with van der Waals surface area (Å²) < 4.78 is 1.32. The summed E-state index contributed by atoms with van der Waals surface area (Å²) in [4.78, 5) is 22.7. The van der Waals surface area contributed by atoms with Crippen LogP contribution in [0, 0.1) is 0 Å². The SMILES string of the molecule is CNC(=O)Cn1ccc(S)cc1=O. The van der Waals surface area contributed by atoms with Gasteiger partial charge in [-0.2, -0.15) is 0 Å². The van der Waals surface area contributed by atoms with Crippen LogP contribution >= 0.6 is 12.6 Å². The zero-order valence-electron chi connectivity index (χ0n) is 7.15. The molecule has 0 aromatic carbocycles. The number of pyridine rings is 1. The highest BCUT2D eigenvalue weighted by atomic mass is 32.1. The molecule has 1 amide bonds. The van der Waals surface area contributed by atoms with Crippen molar-refractivity contribution in [1.29, 1.82) is 0 Å².